The number of benzene rings is 1. The minimum atomic E-state index is -0.579. The van der Waals surface area contributed by atoms with Gasteiger partial charge in [-0.2, -0.15) is 0 Å². The number of thiophene rings is 1. The van der Waals surface area contributed by atoms with Crippen LogP contribution in [0.1, 0.15) is 23.4 Å². The highest BCUT2D eigenvalue weighted by Gasteiger charge is 2.28. The van der Waals surface area contributed by atoms with E-state index in [0.717, 1.165) is 13.0 Å². The van der Waals surface area contributed by atoms with Crippen LogP contribution in [0.3, 0.4) is 0 Å². The summed E-state index contributed by atoms with van der Waals surface area (Å²) in [7, 11) is 0. The van der Waals surface area contributed by atoms with Crippen molar-refractivity contribution < 1.29 is 9.59 Å². The van der Waals surface area contributed by atoms with E-state index in [9.17, 15) is 9.59 Å². The summed E-state index contributed by atoms with van der Waals surface area (Å²) in [6.45, 7) is 3.56. The standard InChI is InChI=1S/C18H21N3O2S/c1-2-19-17(22)18(23)20-12-15(16-8-5-11-24-16)21-10-9-13-6-3-4-7-14(13)21/h3-8,11,15H,2,9-10,12H2,1H3,(H,19,22)(H,20,23). The van der Waals surface area contributed by atoms with Crippen LogP contribution in [0.25, 0.3) is 0 Å². The van der Waals surface area contributed by atoms with Gasteiger partial charge in [0.05, 0.1) is 6.04 Å². The zero-order valence-corrected chi connectivity index (χ0v) is 14.4. The molecule has 2 amide bonds. The van der Waals surface area contributed by atoms with Crippen LogP contribution < -0.4 is 15.5 Å². The van der Waals surface area contributed by atoms with Crippen molar-refractivity contribution in [3.63, 3.8) is 0 Å². The highest BCUT2D eigenvalue weighted by atomic mass is 32.1. The zero-order chi connectivity index (χ0) is 16.9. The van der Waals surface area contributed by atoms with Gasteiger partial charge in [0.1, 0.15) is 0 Å². The topological polar surface area (TPSA) is 61.4 Å². The summed E-state index contributed by atoms with van der Waals surface area (Å²) in [4.78, 5) is 27.1. The number of carbonyl (C=O) groups is 2. The second-order valence-electron chi connectivity index (χ2n) is 5.67. The van der Waals surface area contributed by atoms with Crippen LogP contribution in [-0.4, -0.2) is 31.4 Å². The molecule has 0 saturated heterocycles. The molecule has 0 radical (unpaired) electrons. The third-order valence-corrected chi connectivity index (χ3v) is 5.14. The van der Waals surface area contributed by atoms with Crippen molar-refractivity contribution in [3.8, 4) is 0 Å². The molecule has 24 heavy (non-hydrogen) atoms. The third-order valence-electron chi connectivity index (χ3n) is 4.17. The molecule has 6 heteroatoms. The lowest BCUT2D eigenvalue weighted by Crippen LogP contribution is -2.43. The Hall–Kier alpha value is -2.34. The normalized spacial score (nSPS) is 14.1. The maximum atomic E-state index is 11.9. The van der Waals surface area contributed by atoms with Gasteiger partial charge >= 0.3 is 11.8 Å². The van der Waals surface area contributed by atoms with Gasteiger partial charge in [0.25, 0.3) is 0 Å². The molecule has 0 bridgehead atoms. The van der Waals surface area contributed by atoms with E-state index >= 15 is 0 Å². The molecule has 0 aliphatic carbocycles. The molecule has 1 aliphatic rings. The third kappa shape index (κ3) is 3.43. The number of fused-ring (bicyclic) bond motifs is 1. The fraction of sp³-hybridized carbons (Fsp3) is 0.333. The first-order valence-corrected chi connectivity index (χ1v) is 9.02. The summed E-state index contributed by atoms with van der Waals surface area (Å²) in [6.07, 6.45) is 1.00. The maximum Gasteiger partial charge on any atom is 0.309 e. The molecule has 2 N–H and O–H groups in total. The monoisotopic (exact) mass is 343 g/mol. The Bertz CT molecular complexity index is 715. The van der Waals surface area contributed by atoms with Crippen molar-refractivity contribution in [3.05, 3.63) is 52.2 Å². The Balaban J connectivity index is 1.77. The lowest BCUT2D eigenvalue weighted by atomic mass is 10.1. The van der Waals surface area contributed by atoms with Crippen molar-refractivity contribution in [2.24, 2.45) is 0 Å². The molecule has 0 fully saturated rings. The Morgan fingerprint density at radius 3 is 2.71 bits per heavy atom. The first kappa shape index (κ1) is 16.5. The number of hydrogen-bond donors (Lipinski definition) is 2. The predicted molar refractivity (Wildman–Crippen MR) is 96.2 cm³/mol. The first-order chi connectivity index (χ1) is 11.7. The van der Waals surface area contributed by atoms with Crippen LogP contribution in [0.5, 0.6) is 0 Å². The van der Waals surface area contributed by atoms with E-state index in [4.69, 9.17) is 0 Å². The number of para-hydroxylation sites is 1. The number of amides is 2. The fourth-order valence-electron chi connectivity index (χ4n) is 3.04. The molecule has 1 aromatic heterocycles. The van der Waals surface area contributed by atoms with E-state index < -0.39 is 11.8 Å². The second-order valence-corrected chi connectivity index (χ2v) is 6.65. The number of hydrogen-bond acceptors (Lipinski definition) is 4. The molecule has 3 rings (SSSR count). The lowest BCUT2D eigenvalue weighted by Gasteiger charge is -2.30. The van der Waals surface area contributed by atoms with E-state index in [1.54, 1.807) is 18.3 Å². The number of likely N-dealkylation sites (N-methyl/N-ethyl adjacent to an activating group) is 1. The fourth-order valence-corrected chi connectivity index (χ4v) is 3.88. The number of rotatable bonds is 5. The van der Waals surface area contributed by atoms with Crippen molar-refractivity contribution in [1.29, 1.82) is 0 Å². The molecule has 0 saturated carbocycles. The van der Waals surface area contributed by atoms with Crippen molar-refractivity contribution in [2.75, 3.05) is 24.5 Å². The van der Waals surface area contributed by atoms with Crippen LogP contribution in [0.2, 0.25) is 0 Å². The van der Waals surface area contributed by atoms with E-state index in [1.807, 2.05) is 17.5 Å². The number of nitrogens with zero attached hydrogens (tertiary/aromatic N) is 1. The molecule has 0 spiro atoms. The molecule has 1 aromatic carbocycles. The van der Waals surface area contributed by atoms with Crippen LogP contribution in [-0.2, 0) is 16.0 Å². The van der Waals surface area contributed by atoms with Gasteiger partial charge in [0.15, 0.2) is 0 Å². The summed E-state index contributed by atoms with van der Waals surface area (Å²) in [6, 6.07) is 12.5. The SMILES string of the molecule is CCNC(=O)C(=O)NCC(c1cccs1)N1CCc2ccccc21. The van der Waals surface area contributed by atoms with Crippen LogP contribution in [0.15, 0.2) is 41.8 Å². The molecule has 1 unspecified atom stereocenters. The van der Waals surface area contributed by atoms with Crippen molar-refractivity contribution >= 4 is 28.8 Å². The van der Waals surface area contributed by atoms with Crippen molar-refractivity contribution in [1.82, 2.24) is 10.6 Å². The van der Waals surface area contributed by atoms with Crippen LogP contribution in [0, 0.1) is 0 Å². The van der Waals surface area contributed by atoms with E-state index in [1.165, 1.54) is 16.1 Å². The number of nitrogens with one attached hydrogen (secondary N) is 2. The summed E-state index contributed by atoms with van der Waals surface area (Å²) in [5.41, 5.74) is 2.54. The summed E-state index contributed by atoms with van der Waals surface area (Å²) >= 11 is 1.67. The molecule has 1 aliphatic heterocycles. The van der Waals surface area contributed by atoms with Gasteiger partial charge in [-0.1, -0.05) is 24.3 Å². The highest BCUT2D eigenvalue weighted by molar-refractivity contribution is 7.10. The average Bonchev–Trinajstić information content (AvgIpc) is 3.25. The van der Waals surface area contributed by atoms with Gasteiger partial charge in [-0.05, 0) is 36.4 Å². The van der Waals surface area contributed by atoms with E-state index in [0.29, 0.717) is 13.1 Å². The first-order valence-electron chi connectivity index (χ1n) is 8.14. The number of carbonyl (C=O) groups excluding carboxylic acids is 2. The molecule has 2 heterocycles. The molecule has 2 aromatic rings. The van der Waals surface area contributed by atoms with Crippen LogP contribution >= 0.6 is 11.3 Å². The summed E-state index contributed by atoms with van der Waals surface area (Å²) < 4.78 is 0. The molecular formula is C18H21N3O2S. The quantitative estimate of drug-likeness (QED) is 0.818. The summed E-state index contributed by atoms with van der Waals surface area (Å²) in [5, 5.41) is 7.34. The minimum absolute atomic E-state index is 0.0343. The average molecular weight is 343 g/mol. The van der Waals surface area contributed by atoms with Gasteiger partial charge < -0.3 is 15.5 Å². The van der Waals surface area contributed by atoms with Crippen LogP contribution in [0.4, 0.5) is 5.69 Å². The van der Waals surface area contributed by atoms with E-state index in [-0.39, 0.29) is 6.04 Å². The molecule has 5 nitrogen and oxygen atoms in total. The van der Waals surface area contributed by atoms with Gasteiger partial charge in [0, 0.05) is 30.2 Å². The highest BCUT2D eigenvalue weighted by Crippen LogP contribution is 2.36. The second kappa shape index (κ2) is 7.49. The van der Waals surface area contributed by atoms with Gasteiger partial charge in [-0.25, -0.2) is 0 Å². The Morgan fingerprint density at radius 2 is 1.96 bits per heavy atom. The van der Waals surface area contributed by atoms with Gasteiger partial charge in [-0.15, -0.1) is 11.3 Å². The van der Waals surface area contributed by atoms with Crippen molar-refractivity contribution in [2.45, 2.75) is 19.4 Å². The smallest absolute Gasteiger partial charge is 0.309 e. The Labute approximate surface area is 145 Å². The molecule has 126 valence electrons. The largest absolute Gasteiger partial charge is 0.361 e. The van der Waals surface area contributed by atoms with Gasteiger partial charge in [0.2, 0.25) is 0 Å². The lowest BCUT2D eigenvalue weighted by molar-refractivity contribution is -0.139. The maximum absolute atomic E-state index is 11.9. The van der Waals surface area contributed by atoms with Gasteiger partial charge in [-0.3, -0.25) is 9.59 Å². The minimum Gasteiger partial charge on any atom is -0.361 e. The van der Waals surface area contributed by atoms with E-state index in [2.05, 4.69) is 39.8 Å². The number of anilines is 1. The summed E-state index contributed by atoms with van der Waals surface area (Å²) in [5.74, 6) is -1.16. The zero-order valence-electron chi connectivity index (χ0n) is 13.6. The predicted octanol–water partition coefficient (Wildman–Crippen LogP) is 2.10. The molecule has 1 atom stereocenters. The Kier molecular flexibility index (Phi) is 5.15. The Morgan fingerprint density at radius 1 is 1.17 bits per heavy atom. The molecular weight excluding hydrogens is 322 g/mol.